The van der Waals surface area contributed by atoms with Gasteiger partial charge in [0.1, 0.15) is 24.2 Å². The summed E-state index contributed by atoms with van der Waals surface area (Å²) in [5.74, 6) is -9.81. The first-order valence-electron chi connectivity index (χ1n) is 9.19. The number of nitrogens with one attached hydrogen (secondary N) is 1. The zero-order chi connectivity index (χ0) is 24.4. The van der Waals surface area contributed by atoms with Crippen LogP contribution in [0, 0.1) is 16.0 Å². The molecule has 1 aromatic carbocycles. The number of amides is 1. The lowest BCUT2D eigenvalue weighted by molar-refractivity contribution is -0.384. The number of carboxylic acid groups (broad SMARTS) is 1. The first kappa shape index (κ1) is 25.3. The fraction of sp³-hybridized carbons (Fsp3) is 0.500. The summed E-state index contributed by atoms with van der Waals surface area (Å²) < 4.78 is 5.05. The summed E-state index contributed by atoms with van der Waals surface area (Å²) in [5.41, 5.74) is -0.702. The molecule has 0 aliphatic carbocycles. The second-order valence-electron chi connectivity index (χ2n) is 7.19. The van der Waals surface area contributed by atoms with Gasteiger partial charge in [0, 0.05) is 24.6 Å². The Morgan fingerprint density at radius 1 is 1.25 bits per heavy atom. The summed E-state index contributed by atoms with van der Waals surface area (Å²) >= 11 is 0. The number of nitro groups is 1. The van der Waals surface area contributed by atoms with Crippen molar-refractivity contribution in [1.29, 1.82) is 0 Å². The van der Waals surface area contributed by atoms with Crippen LogP contribution < -0.4 is 5.32 Å². The molecule has 1 aromatic rings. The van der Waals surface area contributed by atoms with Crippen molar-refractivity contribution < 1.29 is 54.7 Å². The van der Waals surface area contributed by atoms with Gasteiger partial charge in [-0.25, -0.2) is 4.79 Å². The molecule has 1 saturated heterocycles. The second kappa shape index (κ2) is 9.64. The molecule has 1 fully saturated rings. The number of hydrogen-bond acceptors (Lipinski definition) is 11. The molecule has 1 aliphatic rings. The Morgan fingerprint density at radius 2 is 1.81 bits per heavy atom. The van der Waals surface area contributed by atoms with Gasteiger partial charge in [0.2, 0.25) is 5.91 Å². The molecular formula is C18H22N2O12. The van der Waals surface area contributed by atoms with E-state index in [4.69, 9.17) is 9.84 Å². The van der Waals surface area contributed by atoms with Crippen LogP contribution in [0.5, 0.6) is 0 Å². The fourth-order valence-corrected chi connectivity index (χ4v) is 3.44. The first-order valence-corrected chi connectivity index (χ1v) is 9.19. The summed E-state index contributed by atoms with van der Waals surface area (Å²) in [6, 6.07) is 2.13. The number of ketones is 1. The predicted octanol–water partition coefficient (Wildman–Crippen LogP) is -2.85. The number of nitrogens with zero attached hydrogens (tertiary/aromatic N) is 1. The van der Waals surface area contributed by atoms with Gasteiger partial charge in [-0.1, -0.05) is 0 Å². The van der Waals surface area contributed by atoms with E-state index in [0.717, 1.165) is 31.2 Å². The van der Waals surface area contributed by atoms with Gasteiger partial charge in [-0.2, -0.15) is 0 Å². The number of Topliss-reactive ketones (excluding diaryl/α,β-unsaturated/α-hetero) is 1. The maximum atomic E-state index is 13.0. The molecule has 14 nitrogen and oxygen atoms in total. The molecule has 0 spiro atoms. The zero-order valence-electron chi connectivity index (χ0n) is 16.6. The first-order chi connectivity index (χ1) is 14.8. The number of benzene rings is 1. The van der Waals surface area contributed by atoms with Gasteiger partial charge in [-0.3, -0.25) is 19.7 Å². The number of aliphatic hydroxyl groups is 5. The summed E-state index contributed by atoms with van der Waals surface area (Å²) in [6.07, 6.45) is -8.13. The summed E-state index contributed by atoms with van der Waals surface area (Å²) in [5, 5.41) is 73.0. The van der Waals surface area contributed by atoms with E-state index in [1.165, 1.54) is 0 Å². The molecule has 32 heavy (non-hydrogen) atoms. The molecule has 176 valence electrons. The van der Waals surface area contributed by atoms with E-state index in [-0.39, 0.29) is 11.3 Å². The van der Waals surface area contributed by atoms with Gasteiger partial charge >= 0.3 is 5.97 Å². The Kier molecular flexibility index (Phi) is 7.61. The van der Waals surface area contributed by atoms with E-state index in [9.17, 15) is 50.0 Å². The Labute approximate surface area is 179 Å². The highest BCUT2D eigenvalue weighted by Gasteiger charge is 2.62. The molecule has 1 aliphatic heterocycles. The van der Waals surface area contributed by atoms with E-state index < -0.39 is 71.4 Å². The van der Waals surface area contributed by atoms with Crippen molar-refractivity contribution in [3.63, 3.8) is 0 Å². The van der Waals surface area contributed by atoms with Crippen molar-refractivity contribution in [2.45, 2.75) is 43.2 Å². The van der Waals surface area contributed by atoms with Crippen molar-refractivity contribution in [1.82, 2.24) is 5.32 Å². The standard InChI is InChI=1S/C18H22N2O12/c1-7(22)19-12-15(26)11(13(24)8-2-4-9(5-3-8)20(30)31)18(29,17(27)28)32-16(12)14(25)10(23)6-21/h2-5,10-12,14-16,21,23,25-26,29H,6H2,1H3,(H,19,22)(H,27,28)/t10-,11?,12-,14-,15+,16-,18?/m1/s1. The highest BCUT2D eigenvalue weighted by atomic mass is 16.7. The Bertz CT molecular complexity index is 890. The highest BCUT2D eigenvalue weighted by molar-refractivity contribution is 6.02. The fourth-order valence-electron chi connectivity index (χ4n) is 3.44. The summed E-state index contributed by atoms with van der Waals surface area (Å²) in [6.45, 7) is -0.00957. The topological polar surface area (TPSA) is 237 Å². The average molecular weight is 458 g/mol. The number of carbonyl (C=O) groups excluding carboxylic acids is 2. The molecule has 0 bridgehead atoms. The normalized spacial score (nSPS) is 29.6. The van der Waals surface area contributed by atoms with Crippen LogP contribution in [0.1, 0.15) is 17.3 Å². The van der Waals surface area contributed by atoms with E-state index >= 15 is 0 Å². The molecule has 2 unspecified atom stereocenters. The maximum absolute atomic E-state index is 13.0. The monoisotopic (exact) mass is 458 g/mol. The molecule has 14 heteroatoms. The van der Waals surface area contributed by atoms with Gasteiger partial charge in [0.25, 0.3) is 11.5 Å². The smallest absolute Gasteiger partial charge is 0.365 e. The van der Waals surface area contributed by atoms with Crippen LogP contribution in [0.25, 0.3) is 0 Å². The van der Waals surface area contributed by atoms with Crippen LogP contribution in [0.3, 0.4) is 0 Å². The second-order valence-corrected chi connectivity index (χ2v) is 7.19. The van der Waals surface area contributed by atoms with Crippen LogP contribution in [0.15, 0.2) is 24.3 Å². The van der Waals surface area contributed by atoms with Crippen molar-refractivity contribution in [2.24, 2.45) is 5.92 Å². The van der Waals surface area contributed by atoms with Crippen molar-refractivity contribution in [2.75, 3.05) is 6.61 Å². The molecular weight excluding hydrogens is 436 g/mol. The maximum Gasteiger partial charge on any atom is 0.365 e. The number of rotatable bonds is 8. The highest BCUT2D eigenvalue weighted by Crippen LogP contribution is 2.37. The van der Waals surface area contributed by atoms with E-state index in [1.807, 2.05) is 0 Å². The molecule has 0 radical (unpaired) electrons. The average Bonchev–Trinajstić information content (AvgIpc) is 2.74. The Balaban J connectivity index is 2.54. The molecule has 2 rings (SSSR count). The van der Waals surface area contributed by atoms with Gasteiger partial charge in [-0.15, -0.1) is 0 Å². The van der Waals surface area contributed by atoms with Crippen molar-refractivity contribution in [3.05, 3.63) is 39.9 Å². The number of hydrogen-bond donors (Lipinski definition) is 7. The molecule has 7 N–H and O–H groups in total. The van der Waals surface area contributed by atoms with Gasteiger partial charge in [0.15, 0.2) is 5.78 Å². The molecule has 0 saturated carbocycles. The lowest BCUT2D eigenvalue weighted by Crippen LogP contribution is -2.72. The molecule has 1 heterocycles. The van der Waals surface area contributed by atoms with E-state index in [0.29, 0.717) is 0 Å². The molecule has 0 aromatic heterocycles. The minimum atomic E-state index is -3.44. The minimum Gasteiger partial charge on any atom is -0.477 e. The third-order valence-corrected chi connectivity index (χ3v) is 5.04. The van der Waals surface area contributed by atoms with Crippen LogP contribution >= 0.6 is 0 Å². The number of non-ortho nitro benzene ring substituents is 1. The Hall–Kier alpha value is -3.01. The number of aliphatic hydroxyl groups excluding tert-OH is 4. The lowest BCUT2D eigenvalue weighted by Gasteiger charge is -2.48. The van der Waals surface area contributed by atoms with Gasteiger partial charge in [-0.05, 0) is 12.1 Å². The van der Waals surface area contributed by atoms with E-state index in [1.54, 1.807) is 0 Å². The number of carboxylic acids is 1. The largest absolute Gasteiger partial charge is 0.477 e. The van der Waals surface area contributed by atoms with Crippen molar-refractivity contribution >= 4 is 23.3 Å². The van der Waals surface area contributed by atoms with Crippen LogP contribution in [-0.2, 0) is 14.3 Å². The number of carbonyl (C=O) groups is 3. The number of ether oxygens (including phenoxy) is 1. The number of nitro benzene ring substituents is 1. The van der Waals surface area contributed by atoms with Crippen LogP contribution in [0.4, 0.5) is 5.69 Å². The lowest BCUT2D eigenvalue weighted by atomic mass is 9.76. The third-order valence-electron chi connectivity index (χ3n) is 5.04. The van der Waals surface area contributed by atoms with Crippen molar-refractivity contribution in [3.8, 4) is 0 Å². The summed E-state index contributed by atoms with van der Waals surface area (Å²) in [7, 11) is 0. The van der Waals surface area contributed by atoms with Gasteiger partial charge < -0.3 is 40.7 Å². The third kappa shape index (κ3) is 4.74. The minimum absolute atomic E-state index is 0.320. The Morgan fingerprint density at radius 3 is 2.25 bits per heavy atom. The van der Waals surface area contributed by atoms with Crippen LogP contribution in [0.2, 0.25) is 0 Å². The SMILES string of the molecule is CC(=O)N[C@H]1[C@H]([C@H](O)[C@H](O)CO)OC(O)(C(=O)O)C(C(=O)c2ccc([N+](=O)[O-])cc2)[C@@H]1O. The number of aliphatic carboxylic acids is 1. The van der Waals surface area contributed by atoms with E-state index in [2.05, 4.69) is 5.32 Å². The van der Waals surface area contributed by atoms with Gasteiger partial charge in [0.05, 0.1) is 23.7 Å². The zero-order valence-corrected chi connectivity index (χ0v) is 16.6. The molecule has 7 atom stereocenters. The van der Waals surface area contributed by atoms with Crippen LogP contribution in [-0.4, -0.2) is 96.1 Å². The summed E-state index contributed by atoms with van der Waals surface area (Å²) in [4.78, 5) is 46.5. The molecule has 1 amide bonds. The quantitative estimate of drug-likeness (QED) is 0.118. The predicted molar refractivity (Wildman–Crippen MR) is 101 cm³/mol.